The minimum Gasteiger partial charge on any atom is -0.497 e. The maximum absolute atomic E-state index is 10.9. The third-order valence-corrected chi connectivity index (χ3v) is 3.09. The summed E-state index contributed by atoms with van der Waals surface area (Å²) in [5.74, 6) is 0.647. The van der Waals surface area contributed by atoms with E-state index in [4.69, 9.17) is 15.4 Å². The highest BCUT2D eigenvalue weighted by Crippen LogP contribution is 2.23. The molecule has 14 heavy (non-hydrogen) atoms. The molecule has 5 heteroatoms. The van der Waals surface area contributed by atoms with Crippen LogP contribution in [-0.4, -0.2) is 15.5 Å². The van der Waals surface area contributed by atoms with Gasteiger partial charge >= 0.3 is 0 Å². The van der Waals surface area contributed by atoms with Crippen LogP contribution in [0, 0.1) is 0 Å². The van der Waals surface area contributed by atoms with E-state index in [1.165, 1.54) is 7.11 Å². The van der Waals surface area contributed by atoms with Crippen LogP contribution in [0.25, 0.3) is 4.91 Å². The fourth-order valence-electron chi connectivity index (χ4n) is 0.918. The summed E-state index contributed by atoms with van der Waals surface area (Å²) in [5.41, 5.74) is 0.459. The molecule has 0 bridgehead atoms. The molecule has 0 aromatic heterocycles. The Morgan fingerprint density at radius 3 is 2.21 bits per heavy atom. The number of halogens is 1. The Kier molecular flexibility index (Phi) is 3.18. The Morgan fingerprint density at radius 1 is 1.36 bits per heavy atom. The van der Waals surface area contributed by atoms with E-state index in [1.54, 1.807) is 24.3 Å². The molecule has 1 aromatic carbocycles. The average molecular weight is 233 g/mol. The normalized spacial score (nSPS) is 11.0. The predicted molar refractivity (Wildman–Crippen MR) is 56.8 cm³/mol. The molecule has 0 spiro atoms. The molecule has 0 amide bonds. The number of rotatable bonds is 3. The van der Waals surface area contributed by atoms with Gasteiger partial charge in [-0.1, -0.05) is 6.58 Å². The number of hydrogen-bond acceptors (Lipinski definition) is 3. The highest BCUT2D eigenvalue weighted by atomic mass is 35.7. The van der Waals surface area contributed by atoms with E-state index in [-0.39, 0.29) is 4.91 Å². The Morgan fingerprint density at radius 2 is 1.86 bits per heavy atom. The van der Waals surface area contributed by atoms with E-state index < -0.39 is 9.05 Å². The van der Waals surface area contributed by atoms with Gasteiger partial charge in [0.1, 0.15) is 5.75 Å². The minimum atomic E-state index is -3.74. The summed E-state index contributed by atoms with van der Waals surface area (Å²) >= 11 is 0. The molecule has 0 radical (unpaired) electrons. The van der Waals surface area contributed by atoms with Crippen LogP contribution in [0.5, 0.6) is 5.75 Å². The first-order chi connectivity index (χ1) is 6.45. The summed E-state index contributed by atoms with van der Waals surface area (Å²) < 4.78 is 26.8. The van der Waals surface area contributed by atoms with Crippen molar-refractivity contribution in [3.8, 4) is 5.75 Å². The van der Waals surface area contributed by atoms with Gasteiger partial charge in [0.05, 0.1) is 12.0 Å². The molecule has 0 atom stereocenters. The second-order valence-electron chi connectivity index (χ2n) is 2.59. The highest BCUT2D eigenvalue weighted by molar-refractivity contribution is 8.21. The molecule has 1 aromatic rings. The lowest BCUT2D eigenvalue weighted by Gasteiger charge is -2.03. The molecule has 0 aliphatic rings. The Hall–Kier alpha value is -1.000. The first-order valence-electron chi connectivity index (χ1n) is 3.73. The van der Waals surface area contributed by atoms with Gasteiger partial charge in [-0.15, -0.1) is 0 Å². The van der Waals surface area contributed by atoms with Crippen LogP contribution >= 0.6 is 10.7 Å². The van der Waals surface area contributed by atoms with Crippen LogP contribution < -0.4 is 4.74 Å². The smallest absolute Gasteiger partial charge is 0.261 e. The summed E-state index contributed by atoms with van der Waals surface area (Å²) in [4.78, 5) is -0.109. The first-order valence-corrected chi connectivity index (χ1v) is 6.04. The Bertz CT molecular complexity index is 434. The van der Waals surface area contributed by atoms with E-state index in [1.807, 2.05) is 0 Å². The molecule has 1 rings (SSSR count). The lowest BCUT2D eigenvalue weighted by molar-refractivity contribution is 0.415. The molecule has 0 heterocycles. The zero-order valence-corrected chi connectivity index (χ0v) is 9.10. The van der Waals surface area contributed by atoms with Gasteiger partial charge < -0.3 is 4.74 Å². The summed E-state index contributed by atoms with van der Waals surface area (Å²) in [6.07, 6.45) is 0. The van der Waals surface area contributed by atoms with Crippen molar-refractivity contribution in [3.63, 3.8) is 0 Å². The van der Waals surface area contributed by atoms with Gasteiger partial charge in [0.25, 0.3) is 9.05 Å². The maximum atomic E-state index is 10.9. The predicted octanol–water partition coefficient (Wildman–Crippen LogP) is 2.23. The minimum absolute atomic E-state index is 0.109. The molecule has 0 unspecified atom stereocenters. The summed E-state index contributed by atoms with van der Waals surface area (Å²) in [6, 6.07) is 6.45. The fourth-order valence-corrected chi connectivity index (χ4v) is 1.60. The van der Waals surface area contributed by atoms with E-state index in [2.05, 4.69) is 6.58 Å². The van der Waals surface area contributed by atoms with E-state index in [0.29, 0.717) is 11.3 Å². The van der Waals surface area contributed by atoms with Crippen LogP contribution in [0.2, 0.25) is 0 Å². The Balaban J connectivity index is 3.05. The molecule has 0 saturated heterocycles. The summed E-state index contributed by atoms with van der Waals surface area (Å²) in [6.45, 7) is 3.39. The fraction of sp³-hybridized carbons (Fsp3) is 0.111. The standard InChI is InChI=1S/C9H9ClO3S/c1-7(14(10,11)12)8-3-5-9(13-2)6-4-8/h3-6H,1H2,2H3. The van der Waals surface area contributed by atoms with E-state index in [0.717, 1.165) is 0 Å². The van der Waals surface area contributed by atoms with Crippen LogP contribution in [0.1, 0.15) is 5.56 Å². The molecular formula is C9H9ClO3S. The van der Waals surface area contributed by atoms with Crippen molar-refractivity contribution >= 4 is 24.6 Å². The molecule has 0 aliphatic carbocycles. The van der Waals surface area contributed by atoms with Crippen molar-refractivity contribution in [1.82, 2.24) is 0 Å². The molecule has 3 nitrogen and oxygen atoms in total. The van der Waals surface area contributed by atoms with Gasteiger partial charge in [-0.25, -0.2) is 8.42 Å². The van der Waals surface area contributed by atoms with Gasteiger partial charge in [-0.05, 0) is 29.8 Å². The lowest BCUT2D eigenvalue weighted by atomic mass is 10.2. The first kappa shape index (κ1) is 11.1. The summed E-state index contributed by atoms with van der Waals surface area (Å²) in [5, 5.41) is 0. The second-order valence-corrected chi connectivity index (χ2v) is 5.18. The molecule has 76 valence electrons. The molecule has 0 aliphatic heterocycles. The van der Waals surface area contributed by atoms with Crippen molar-refractivity contribution in [2.75, 3.05) is 7.11 Å². The highest BCUT2D eigenvalue weighted by Gasteiger charge is 2.13. The average Bonchev–Trinajstić information content (AvgIpc) is 2.15. The van der Waals surface area contributed by atoms with Crippen molar-refractivity contribution in [2.24, 2.45) is 0 Å². The largest absolute Gasteiger partial charge is 0.497 e. The lowest BCUT2D eigenvalue weighted by Crippen LogP contribution is -1.92. The third-order valence-electron chi connectivity index (χ3n) is 1.71. The van der Waals surface area contributed by atoms with Crippen molar-refractivity contribution in [2.45, 2.75) is 0 Å². The molecular weight excluding hydrogens is 224 g/mol. The van der Waals surface area contributed by atoms with E-state index >= 15 is 0 Å². The van der Waals surface area contributed by atoms with Crippen LogP contribution in [0.3, 0.4) is 0 Å². The van der Waals surface area contributed by atoms with Crippen molar-refractivity contribution in [3.05, 3.63) is 36.4 Å². The zero-order valence-electron chi connectivity index (χ0n) is 7.53. The second kappa shape index (κ2) is 4.02. The number of ether oxygens (including phenoxy) is 1. The third kappa shape index (κ3) is 2.49. The zero-order chi connectivity index (χ0) is 10.8. The van der Waals surface area contributed by atoms with Crippen LogP contribution in [0.4, 0.5) is 0 Å². The number of hydrogen-bond donors (Lipinski definition) is 0. The van der Waals surface area contributed by atoms with Gasteiger partial charge in [0, 0.05) is 10.7 Å². The molecule has 0 fully saturated rings. The Labute approximate surface area is 87.4 Å². The van der Waals surface area contributed by atoms with Crippen molar-refractivity contribution < 1.29 is 13.2 Å². The van der Waals surface area contributed by atoms with Gasteiger partial charge in [-0.2, -0.15) is 0 Å². The number of benzene rings is 1. The molecule has 0 N–H and O–H groups in total. The molecule has 0 saturated carbocycles. The SMILES string of the molecule is C=C(c1ccc(OC)cc1)S(=O)(=O)Cl. The number of methoxy groups -OCH3 is 1. The topological polar surface area (TPSA) is 43.4 Å². The van der Waals surface area contributed by atoms with Gasteiger partial charge in [-0.3, -0.25) is 0 Å². The van der Waals surface area contributed by atoms with Gasteiger partial charge in [0.15, 0.2) is 0 Å². The summed E-state index contributed by atoms with van der Waals surface area (Å²) in [7, 11) is 2.92. The van der Waals surface area contributed by atoms with Gasteiger partial charge in [0.2, 0.25) is 0 Å². The van der Waals surface area contributed by atoms with Crippen molar-refractivity contribution in [1.29, 1.82) is 0 Å². The quantitative estimate of drug-likeness (QED) is 0.751. The van der Waals surface area contributed by atoms with Crippen LogP contribution in [-0.2, 0) is 9.05 Å². The van der Waals surface area contributed by atoms with E-state index in [9.17, 15) is 8.42 Å². The monoisotopic (exact) mass is 232 g/mol. The van der Waals surface area contributed by atoms with Crippen LogP contribution in [0.15, 0.2) is 30.8 Å². The maximum Gasteiger partial charge on any atom is 0.261 e.